The van der Waals surface area contributed by atoms with Crippen molar-refractivity contribution in [2.24, 2.45) is 5.92 Å². The van der Waals surface area contributed by atoms with Crippen molar-refractivity contribution in [3.05, 3.63) is 41.5 Å². The topological polar surface area (TPSA) is 60.2 Å². The second kappa shape index (κ2) is 4.90. The molecule has 2 atom stereocenters. The standard InChI is InChI=1S/C15H17N3O2/c1-2-4-13-11(3-1)12(9-19-13)15-17-14(20-18-15)7-10-5-6-16-8-10/h1-4,10,12,16H,5-9H2. The molecular formula is C15H17N3O2. The number of nitrogens with one attached hydrogen (secondary N) is 1. The SMILES string of the molecule is c1ccc2c(c1)OCC2c1noc(CC2CCNC2)n1. The first-order valence-corrected chi connectivity index (χ1v) is 7.15. The van der Waals surface area contributed by atoms with E-state index in [-0.39, 0.29) is 5.92 Å². The summed E-state index contributed by atoms with van der Waals surface area (Å²) in [6.45, 7) is 2.74. The monoisotopic (exact) mass is 271 g/mol. The molecule has 0 saturated carbocycles. The maximum atomic E-state index is 5.68. The van der Waals surface area contributed by atoms with Gasteiger partial charge in [0, 0.05) is 12.0 Å². The second-order valence-corrected chi connectivity index (χ2v) is 5.51. The molecule has 2 aliphatic heterocycles. The number of ether oxygens (including phenoxy) is 1. The first-order valence-electron chi connectivity index (χ1n) is 7.15. The van der Waals surface area contributed by atoms with Gasteiger partial charge in [-0.15, -0.1) is 0 Å². The number of para-hydroxylation sites is 1. The highest BCUT2D eigenvalue weighted by Crippen LogP contribution is 2.36. The van der Waals surface area contributed by atoms with Crippen LogP contribution >= 0.6 is 0 Å². The van der Waals surface area contributed by atoms with Gasteiger partial charge in [0.05, 0.1) is 5.92 Å². The van der Waals surface area contributed by atoms with Crippen molar-refractivity contribution in [3.8, 4) is 5.75 Å². The summed E-state index contributed by atoms with van der Waals surface area (Å²) in [7, 11) is 0. The Morgan fingerprint density at radius 1 is 1.30 bits per heavy atom. The van der Waals surface area contributed by atoms with Gasteiger partial charge in [0.15, 0.2) is 5.82 Å². The molecule has 104 valence electrons. The first kappa shape index (κ1) is 11.9. The van der Waals surface area contributed by atoms with E-state index in [9.17, 15) is 0 Å². The van der Waals surface area contributed by atoms with Crippen LogP contribution in [0, 0.1) is 5.92 Å². The molecule has 1 aromatic heterocycles. The van der Waals surface area contributed by atoms with Gasteiger partial charge in [0.2, 0.25) is 5.89 Å². The zero-order chi connectivity index (χ0) is 13.4. The fourth-order valence-corrected chi connectivity index (χ4v) is 3.00. The summed E-state index contributed by atoms with van der Waals surface area (Å²) in [5.41, 5.74) is 1.15. The number of hydrogen-bond acceptors (Lipinski definition) is 5. The molecule has 5 nitrogen and oxygen atoms in total. The molecule has 5 heteroatoms. The maximum Gasteiger partial charge on any atom is 0.226 e. The summed E-state index contributed by atoms with van der Waals surface area (Å²) in [4.78, 5) is 4.57. The second-order valence-electron chi connectivity index (χ2n) is 5.51. The van der Waals surface area contributed by atoms with E-state index in [1.807, 2.05) is 18.2 Å². The van der Waals surface area contributed by atoms with Crippen LogP contribution in [0.25, 0.3) is 0 Å². The van der Waals surface area contributed by atoms with Crippen molar-refractivity contribution in [2.45, 2.75) is 18.8 Å². The molecule has 0 radical (unpaired) electrons. The summed E-state index contributed by atoms with van der Waals surface area (Å²) in [5.74, 6) is 3.15. The van der Waals surface area contributed by atoms with Gasteiger partial charge in [0.25, 0.3) is 0 Å². The van der Waals surface area contributed by atoms with Crippen LogP contribution in [0.5, 0.6) is 5.75 Å². The molecule has 2 unspecified atom stereocenters. The van der Waals surface area contributed by atoms with Crippen molar-refractivity contribution < 1.29 is 9.26 Å². The summed E-state index contributed by atoms with van der Waals surface area (Å²) in [6.07, 6.45) is 2.06. The Hall–Kier alpha value is -1.88. The van der Waals surface area contributed by atoms with Gasteiger partial charge in [-0.2, -0.15) is 4.98 Å². The van der Waals surface area contributed by atoms with Crippen LogP contribution in [0.15, 0.2) is 28.8 Å². The molecule has 0 aliphatic carbocycles. The van der Waals surface area contributed by atoms with Crippen LogP contribution in [-0.2, 0) is 6.42 Å². The van der Waals surface area contributed by atoms with Gasteiger partial charge in [0.1, 0.15) is 12.4 Å². The van der Waals surface area contributed by atoms with Gasteiger partial charge in [-0.1, -0.05) is 23.4 Å². The lowest BCUT2D eigenvalue weighted by molar-refractivity contribution is 0.328. The van der Waals surface area contributed by atoms with Crippen LogP contribution in [0.1, 0.15) is 29.6 Å². The summed E-state index contributed by atoms with van der Waals surface area (Å²) >= 11 is 0. The minimum atomic E-state index is 0.102. The molecule has 1 N–H and O–H groups in total. The number of rotatable bonds is 3. The van der Waals surface area contributed by atoms with Crippen LogP contribution < -0.4 is 10.1 Å². The van der Waals surface area contributed by atoms with E-state index in [1.54, 1.807) is 0 Å². The third kappa shape index (κ3) is 2.08. The lowest BCUT2D eigenvalue weighted by Gasteiger charge is -2.03. The molecule has 0 bridgehead atoms. The predicted octanol–water partition coefficient (Wildman–Crippen LogP) is 1.75. The number of hydrogen-bond donors (Lipinski definition) is 1. The Morgan fingerprint density at radius 3 is 3.15 bits per heavy atom. The minimum absolute atomic E-state index is 0.102. The Labute approximate surface area is 117 Å². The lowest BCUT2D eigenvalue weighted by Crippen LogP contribution is -2.11. The van der Waals surface area contributed by atoms with E-state index in [0.717, 1.165) is 42.5 Å². The van der Waals surface area contributed by atoms with Crippen molar-refractivity contribution >= 4 is 0 Å². The van der Waals surface area contributed by atoms with Gasteiger partial charge in [-0.3, -0.25) is 0 Å². The molecule has 1 saturated heterocycles. The van der Waals surface area contributed by atoms with Crippen molar-refractivity contribution in [2.75, 3.05) is 19.7 Å². The highest BCUT2D eigenvalue weighted by molar-refractivity contribution is 5.42. The van der Waals surface area contributed by atoms with E-state index >= 15 is 0 Å². The highest BCUT2D eigenvalue weighted by Gasteiger charge is 2.29. The summed E-state index contributed by atoms with van der Waals surface area (Å²) < 4.78 is 11.1. The molecule has 1 fully saturated rings. The Bertz CT molecular complexity index is 605. The van der Waals surface area contributed by atoms with Gasteiger partial charge in [-0.25, -0.2) is 0 Å². The van der Waals surface area contributed by atoms with Gasteiger partial charge in [-0.05, 0) is 31.5 Å². The molecule has 4 rings (SSSR count). The predicted molar refractivity (Wildman–Crippen MR) is 72.8 cm³/mol. The fourth-order valence-electron chi connectivity index (χ4n) is 3.00. The third-order valence-electron chi connectivity index (χ3n) is 4.12. The van der Waals surface area contributed by atoms with Crippen LogP contribution in [0.4, 0.5) is 0 Å². The maximum absolute atomic E-state index is 5.68. The number of aromatic nitrogens is 2. The molecule has 0 spiro atoms. The quantitative estimate of drug-likeness (QED) is 0.921. The lowest BCUT2D eigenvalue weighted by atomic mass is 10.0. The first-order chi connectivity index (χ1) is 9.90. The van der Waals surface area contributed by atoms with E-state index in [2.05, 4.69) is 21.5 Å². The van der Waals surface area contributed by atoms with Gasteiger partial charge >= 0.3 is 0 Å². The number of fused-ring (bicyclic) bond motifs is 1. The minimum Gasteiger partial charge on any atom is -0.492 e. The average molecular weight is 271 g/mol. The highest BCUT2D eigenvalue weighted by atomic mass is 16.5. The number of benzene rings is 1. The summed E-state index contributed by atoms with van der Waals surface area (Å²) in [6, 6.07) is 8.06. The van der Waals surface area contributed by atoms with Crippen LogP contribution in [0.3, 0.4) is 0 Å². The van der Waals surface area contributed by atoms with E-state index in [1.165, 1.54) is 6.42 Å². The molecule has 3 heterocycles. The normalized spacial score (nSPS) is 24.6. The zero-order valence-electron chi connectivity index (χ0n) is 11.2. The summed E-state index contributed by atoms with van der Waals surface area (Å²) in [5, 5.41) is 7.51. The van der Waals surface area contributed by atoms with E-state index in [0.29, 0.717) is 12.5 Å². The zero-order valence-corrected chi connectivity index (χ0v) is 11.2. The molecule has 0 amide bonds. The molecule has 1 aromatic carbocycles. The molecule has 2 aliphatic rings. The Balaban J connectivity index is 1.54. The third-order valence-corrected chi connectivity index (χ3v) is 4.12. The van der Waals surface area contributed by atoms with Gasteiger partial charge < -0.3 is 14.6 Å². The van der Waals surface area contributed by atoms with Crippen molar-refractivity contribution in [1.82, 2.24) is 15.5 Å². The van der Waals surface area contributed by atoms with E-state index < -0.39 is 0 Å². The van der Waals surface area contributed by atoms with Crippen LogP contribution in [-0.4, -0.2) is 29.8 Å². The van der Waals surface area contributed by atoms with Crippen LogP contribution in [0.2, 0.25) is 0 Å². The molecular weight excluding hydrogens is 254 g/mol. The Kier molecular flexibility index (Phi) is 2.92. The molecule has 2 aromatic rings. The van der Waals surface area contributed by atoms with Crippen molar-refractivity contribution in [1.29, 1.82) is 0 Å². The smallest absolute Gasteiger partial charge is 0.226 e. The fraction of sp³-hybridized carbons (Fsp3) is 0.467. The average Bonchev–Trinajstić information content (AvgIpc) is 3.18. The Morgan fingerprint density at radius 2 is 2.25 bits per heavy atom. The largest absolute Gasteiger partial charge is 0.492 e. The molecule has 20 heavy (non-hydrogen) atoms. The van der Waals surface area contributed by atoms with Crippen molar-refractivity contribution in [3.63, 3.8) is 0 Å². The number of nitrogens with zero attached hydrogens (tertiary/aromatic N) is 2. The van der Waals surface area contributed by atoms with E-state index in [4.69, 9.17) is 9.26 Å².